The Hall–Kier alpha value is -2.77. The molecule has 1 unspecified atom stereocenters. The van der Waals surface area contributed by atoms with Gasteiger partial charge in [0.05, 0.1) is 16.7 Å². The van der Waals surface area contributed by atoms with E-state index < -0.39 is 11.0 Å². The highest BCUT2D eigenvalue weighted by Crippen LogP contribution is 2.22. The Morgan fingerprint density at radius 3 is 2.32 bits per heavy atom. The summed E-state index contributed by atoms with van der Waals surface area (Å²) in [5.74, 6) is 0. The molecule has 0 aromatic heterocycles. The van der Waals surface area contributed by atoms with Crippen LogP contribution >= 0.6 is 0 Å². The minimum absolute atomic E-state index is 0.0282. The van der Waals surface area contributed by atoms with Crippen LogP contribution in [0.3, 0.4) is 0 Å². The van der Waals surface area contributed by atoms with Crippen molar-refractivity contribution in [1.29, 1.82) is 0 Å². The van der Waals surface area contributed by atoms with Crippen LogP contribution in [0.4, 0.5) is 5.69 Å². The molecule has 1 atom stereocenters. The highest BCUT2D eigenvalue weighted by Gasteiger charge is 2.17. The van der Waals surface area contributed by atoms with Crippen molar-refractivity contribution >= 4 is 11.4 Å². The van der Waals surface area contributed by atoms with E-state index in [0.717, 1.165) is 5.56 Å². The van der Waals surface area contributed by atoms with Gasteiger partial charge in [-0.05, 0) is 11.1 Å². The predicted molar refractivity (Wildman–Crippen MR) is 80.1 cm³/mol. The molecule has 2 aromatic rings. The molecule has 0 aliphatic rings. The zero-order chi connectivity index (χ0) is 15.9. The first-order valence-corrected chi connectivity index (χ1v) is 6.56. The molecule has 0 aliphatic carbocycles. The Labute approximate surface area is 126 Å². The molecule has 0 bridgehead atoms. The minimum Gasteiger partial charge on any atom is -0.411 e. The van der Waals surface area contributed by atoms with Gasteiger partial charge in [0.25, 0.3) is 5.69 Å². The number of oxime groups is 1. The first kappa shape index (κ1) is 15.6. The molecule has 0 fully saturated rings. The maximum Gasteiger partial charge on any atom is 0.269 e. The highest BCUT2D eigenvalue weighted by molar-refractivity contribution is 6.00. The largest absolute Gasteiger partial charge is 0.411 e. The summed E-state index contributed by atoms with van der Waals surface area (Å²) in [5.41, 5.74) is 3.88. The van der Waals surface area contributed by atoms with Crippen LogP contribution in [-0.4, -0.2) is 21.0 Å². The molecule has 0 radical (unpaired) electrons. The van der Waals surface area contributed by atoms with Crippen LogP contribution in [0, 0.1) is 10.1 Å². The Kier molecular flexibility index (Phi) is 5.18. The molecule has 0 saturated heterocycles. The molecule has 2 rings (SSSR count). The molecule has 0 amide bonds. The van der Waals surface area contributed by atoms with Crippen molar-refractivity contribution in [3.8, 4) is 0 Å². The molecular weight excluding hydrogens is 286 g/mol. The van der Waals surface area contributed by atoms with Gasteiger partial charge in [0, 0.05) is 18.6 Å². The van der Waals surface area contributed by atoms with E-state index >= 15 is 0 Å². The van der Waals surface area contributed by atoms with Crippen LogP contribution in [-0.2, 0) is 0 Å². The molecule has 114 valence electrons. The quantitative estimate of drug-likeness (QED) is 0.329. The van der Waals surface area contributed by atoms with Gasteiger partial charge in [0.15, 0.2) is 0 Å². The standard InChI is InChI=1S/C15H15N3O4/c19-16-14(11-4-2-1-3-5-11)10-15(17-20)12-6-8-13(9-7-12)18(21)22/h1-9,15,17,19-20H,10H2/b16-14+. The van der Waals surface area contributed by atoms with Gasteiger partial charge in [0.1, 0.15) is 0 Å². The average molecular weight is 301 g/mol. The third-order valence-corrected chi connectivity index (χ3v) is 3.29. The van der Waals surface area contributed by atoms with Crippen molar-refractivity contribution < 1.29 is 15.3 Å². The maximum atomic E-state index is 10.6. The van der Waals surface area contributed by atoms with Gasteiger partial charge in [-0.1, -0.05) is 47.6 Å². The van der Waals surface area contributed by atoms with Crippen LogP contribution in [0.5, 0.6) is 0 Å². The third kappa shape index (κ3) is 3.66. The lowest BCUT2D eigenvalue weighted by Gasteiger charge is -2.16. The summed E-state index contributed by atoms with van der Waals surface area (Å²) in [5, 5.41) is 32.4. The van der Waals surface area contributed by atoms with Crippen LogP contribution in [0.25, 0.3) is 0 Å². The molecule has 3 N–H and O–H groups in total. The van der Waals surface area contributed by atoms with Gasteiger partial charge in [0.2, 0.25) is 0 Å². The van der Waals surface area contributed by atoms with E-state index in [9.17, 15) is 20.5 Å². The number of rotatable bonds is 6. The fraction of sp³-hybridized carbons (Fsp3) is 0.133. The number of nitrogens with one attached hydrogen (secondary N) is 1. The second kappa shape index (κ2) is 7.30. The Morgan fingerprint density at radius 1 is 1.18 bits per heavy atom. The molecule has 0 spiro atoms. The topological polar surface area (TPSA) is 108 Å². The summed E-state index contributed by atoms with van der Waals surface area (Å²) >= 11 is 0. The third-order valence-electron chi connectivity index (χ3n) is 3.29. The van der Waals surface area contributed by atoms with Crippen molar-refractivity contribution in [1.82, 2.24) is 5.48 Å². The van der Waals surface area contributed by atoms with Crippen molar-refractivity contribution in [3.63, 3.8) is 0 Å². The monoisotopic (exact) mass is 301 g/mol. The van der Waals surface area contributed by atoms with Gasteiger partial charge in [-0.25, -0.2) is 0 Å². The van der Waals surface area contributed by atoms with Gasteiger partial charge >= 0.3 is 0 Å². The second-order valence-corrected chi connectivity index (χ2v) is 4.65. The first-order valence-electron chi connectivity index (χ1n) is 6.56. The summed E-state index contributed by atoms with van der Waals surface area (Å²) in [6.45, 7) is 0. The van der Waals surface area contributed by atoms with Crippen molar-refractivity contribution in [2.45, 2.75) is 12.5 Å². The molecular formula is C15H15N3O4. The lowest BCUT2D eigenvalue weighted by molar-refractivity contribution is -0.384. The van der Waals surface area contributed by atoms with Crippen LogP contribution < -0.4 is 5.48 Å². The number of non-ortho nitro benzene ring substituents is 1. The summed E-state index contributed by atoms with van der Waals surface area (Å²) in [6, 6.07) is 14.3. The van der Waals surface area contributed by atoms with Crippen LogP contribution in [0.15, 0.2) is 59.8 Å². The molecule has 7 nitrogen and oxygen atoms in total. The number of nitrogens with zero attached hydrogens (tertiary/aromatic N) is 2. The first-order chi connectivity index (χ1) is 10.7. The summed E-state index contributed by atoms with van der Waals surface area (Å²) in [7, 11) is 0. The van der Waals surface area contributed by atoms with E-state index in [1.807, 2.05) is 18.2 Å². The summed E-state index contributed by atoms with van der Waals surface area (Å²) in [4.78, 5) is 10.2. The van der Waals surface area contributed by atoms with Crippen molar-refractivity contribution in [3.05, 3.63) is 75.8 Å². The number of nitro groups is 1. The van der Waals surface area contributed by atoms with E-state index in [-0.39, 0.29) is 12.1 Å². The zero-order valence-corrected chi connectivity index (χ0v) is 11.6. The summed E-state index contributed by atoms with van der Waals surface area (Å²) < 4.78 is 0. The minimum atomic E-state index is -0.549. The maximum absolute atomic E-state index is 10.6. The van der Waals surface area contributed by atoms with E-state index in [4.69, 9.17) is 0 Å². The van der Waals surface area contributed by atoms with E-state index in [0.29, 0.717) is 11.3 Å². The predicted octanol–water partition coefficient (Wildman–Crippen LogP) is 2.88. The number of hydrogen-bond donors (Lipinski definition) is 3. The van der Waals surface area contributed by atoms with E-state index in [1.165, 1.54) is 12.1 Å². The lowest BCUT2D eigenvalue weighted by Crippen LogP contribution is -2.21. The fourth-order valence-electron chi connectivity index (χ4n) is 2.11. The van der Waals surface area contributed by atoms with Crippen LogP contribution in [0.1, 0.15) is 23.6 Å². The van der Waals surface area contributed by atoms with E-state index in [2.05, 4.69) is 10.6 Å². The van der Waals surface area contributed by atoms with Gasteiger partial charge in [-0.15, -0.1) is 0 Å². The Balaban J connectivity index is 2.19. The fourth-order valence-corrected chi connectivity index (χ4v) is 2.11. The second-order valence-electron chi connectivity index (χ2n) is 4.65. The number of nitro benzene ring substituents is 1. The molecule has 0 saturated carbocycles. The lowest BCUT2D eigenvalue weighted by atomic mass is 9.98. The zero-order valence-electron chi connectivity index (χ0n) is 11.6. The van der Waals surface area contributed by atoms with E-state index in [1.54, 1.807) is 24.3 Å². The SMILES string of the molecule is O=[N+]([O-])c1ccc(C(C/C(=N\O)c2ccccc2)NO)cc1. The number of hydrogen-bond acceptors (Lipinski definition) is 6. The molecule has 0 heterocycles. The Morgan fingerprint density at radius 2 is 1.82 bits per heavy atom. The highest BCUT2D eigenvalue weighted by atomic mass is 16.6. The van der Waals surface area contributed by atoms with Crippen LogP contribution in [0.2, 0.25) is 0 Å². The molecule has 2 aromatic carbocycles. The molecule has 22 heavy (non-hydrogen) atoms. The smallest absolute Gasteiger partial charge is 0.269 e. The molecule has 0 aliphatic heterocycles. The number of hydroxylamine groups is 1. The van der Waals surface area contributed by atoms with Gasteiger partial charge in [-0.2, -0.15) is 5.48 Å². The average Bonchev–Trinajstić information content (AvgIpc) is 2.57. The van der Waals surface area contributed by atoms with Crippen molar-refractivity contribution in [2.75, 3.05) is 0 Å². The summed E-state index contributed by atoms with van der Waals surface area (Å²) in [6.07, 6.45) is 0.217. The number of benzene rings is 2. The Bertz CT molecular complexity index is 656. The van der Waals surface area contributed by atoms with Crippen molar-refractivity contribution in [2.24, 2.45) is 5.16 Å². The normalized spacial score (nSPS) is 12.9. The molecule has 7 heteroatoms. The van der Waals surface area contributed by atoms with Gasteiger partial charge in [-0.3, -0.25) is 10.1 Å². The van der Waals surface area contributed by atoms with Gasteiger partial charge < -0.3 is 10.4 Å².